The molecule has 6 heteroatoms. The molecule has 0 saturated carbocycles. The Kier molecular flexibility index (Phi) is 5.81. The molecule has 0 atom stereocenters. The Labute approximate surface area is 172 Å². The van der Waals surface area contributed by atoms with Crippen molar-refractivity contribution in [2.45, 2.75) is 6.42 Å². The summed E-state index contributed by atoms with van der Waals surface area (Å²) in [4.78, 5) is 16.6. The molecule has 1 aromatic heterocycles. The van der Waals surface area contributed by atoms with Gasteiger partial charge in [0.15, 0.2) is 6.61 Å². The van der Waals surface area contributed by atoms with Crippen LogP contribution in [0.4, 0.5) is 4.39 Å². The summed E-state index contributed by atoms with van der Waals surface area (Å²) in [6.45, 7) is 0.447. The number of amides is 1. The summed E-state index contributed by atoms with van der Waals surface area (Å²) >= 11 is 1.50. The maximum Gasteiger partial charge on any atom is 0.257 e. The standard InChI is InChI=1S/C23H19FN2O2S/c24-19-8-5-17(6-9-19)23-26-20(15-29-23)11-12-25-22(27)14-28-21-10-7-16-3-1-2-4-18(16)13-21/h1-10,13,15H,11-12,14H2,(H,25,27). The van der Waals surface area contributed by atoms with Crippen LogP contribution in [0.2, 0.25) is 0 Å². The molecule has 0 aliphatic carbocycles. The number of ether oxygens (including phenoxy) is 1. The summed E-state index contributed by atoms with van der Waals surface area (Å²) in [7, 11) is 0. The molecular weight excluding hydrogens is 387 g/mol. The van der Waals surface area contributed by atoms with Gasteiger partial charge in [-0.15, -0.1) is 11.3 Å². The molecule has 0 bridgehead atoms. The Morgan fingerprint density at radius 3 is 2.66 bits per heavy atom. The van der Waals surface area contributed by atoms with Crippen LogP contribution >= 0.6 is 11.3 Å². The van der Waals surface area contributed by atoms with E-state index in [0.29, 0.717) is 18.7 Å². The van der Waals surface area contributed by atoms with E-state index in [2.05, 4.69) is 10.3 Å². The highest BCUT2D eigenvalue weighted by Gasteiger charge is 2.07. The molecular formula is C23H19FN2O2S. The fourth-order valence-electron chi connectivity index (χ4n) is 2.93. The zero-order valence-corrected chi connectivity index (χ0v) is 16.4. The van der Waals surface area contributed by atoms with Crippen molar-refractivity contribution in [3.63, 3.8) is 0 Å². The molecule has 29 heavy (non-hydrogen) atoms. The van der Waals surface area contributed by atoms with Crippen molar-refractivity contribution in [3.8, 4) is 16.3 Å². The Hall–Kier alpha value is -3.25. The van der Waals surface area contributed by atoms with Gasteiger partial charge >= 0.3 is 0 Å². The Bertz CT molecular complexity index is 1130. The van der Waals surface area contributed by atoms with Crippen LogP contribution < -0.4 is 10.1 Å². The molecule has 146 valence electrons. The summed E-state index contributed by atoms with van der Waals surface area (Å²) in [5.41, 5.74) is 1.78. The van der Waals surface area contributed by atoms with Gasteiger partial charge in [-0.05, 0) is 47.2 Å². The van der Waals surface area contributed by atoms with E-state index >= 15 is 0 Å². The number of hydrogen-bond donors (Lipinski definition) is 1. The number of fused-ring (bicyclic) bond motifs is 1. The SMILES string of the molecule is O=C(COc1ccc2ccccc2c1)NCCc1csc(-c2ccc(F)cc2)n1. The highest BCUT2D eigenvalue weighted by molar-refractivity contribution is 7.13. The molecule has 0 radical (unpaired) electrons. The van der Waals surface area contributed by atoms with Gasteiger partial charge in [-0.1, -0.05) is 30.3 Å². The lowest BCUT2D eigenvalue weighted by atomic mass is 10.1. The van der Waals surface area contributed by atoms with E-state index in [9.17, 15) is 9.18 Å². The predicted octanol–water partition coefficient (Wildman–Crippen LogP) is 4.84. The van der Waals surface area contributed by atoms with Crippen molar-refractivity contribution in [3.05, 3.63) is 83.6 Å². The zero-order valence-electron chi connectivity index (χ0n) is 15.6. The summed E-state index contributed by atoms with van der Waals surface area (Å²) in [5, 5.41) is 7.85. The highest BCUT2D eigenvalue weighted by atomic mass is 32.1. The van der Waals surface area contributed by atoms with Gasteiger partial charge < -0.3 is 10.1 Å². The molecule has 0 unspecified atom stereocenters. The number of nitrogens with zero attached hydrogens (tertiary/aromatic N) is 1. The number of halogens is 1. The third-order valence-electron chi connectivity index (χ3n) is 4.44. The van der Waals surface area contributed by atoms with E-state index in [1.54, 1.807) is 12.1 Å². The number of benzene rings is 3. The zero-order chi connectivity index (χ0) is 20.1. The second-order valence-electron chi connectivity index (χ2n) is 6.55. The van der Waals surface area contributed by atoms with Gasteiger partial charge in [0.1, 0.15) is 16.6 Å². The molecule has 4 nitrogen and oxygen atoms in total. The first kappa shape index (κ1) is 19.1. The Morgan fingerprint density at radius 1 is 1.03 bits per heavy atom. The Balaban J connectivity index is 1.24. The van der Waals surface area contributed by atoms with Crippen LogP contribution in [0.5, 0.6) is 5.75 Å². The van der Waals surface area contributed by atoms with Gasteiger partial charge in [0.05, 0.1) is 5.69 Å². The first-order valence-electron chi connectivity index (χ1n) is 9.26. The number of nitrogens with one attached hydrogen (secondary N) is 1. The minimum absolute atomic E-state index is 0.0315. The third kappa shape index (κ3) is 4.97. The number of carbonyl (C=O) groups is 1. The van der Waals surface area contributed by atoms with Crippen LogP contribution in [0, 0.1) is 5.82 Å². The van der Waals surface area contributed by atoms with Gasteiger partial charge in [-0.3, -0.25) is 4.79 Å². The van der Waals surface area contributed by atoms with Crippen LogP contribution in [-0.2, 0) is 11.2 Å². The largest absolute Gasteiger partial charge is 0.484 e. The molecule has 1 N–H and O–H groups in total. The number of carbonyl (C=O) groups excluding carboxylic acids is 1. The molecule has 4 rings (SSSR count). The molecule has 1 heterocycles. The van der Waals surface area contributed by atoms with Crippen molar-refractivity contribution in [2.24, 2.45) is 0 Å². The lowest BCUT2D eigenvalue weighted by Crippen LogP contribution is -2.30. The van der Waals surface area contributed by atoms with Gasteiger partial charge in [0, 0.05) is 23.9 Å². The van der Waals surface area contributed by atoms with Gasteiger partial charge in [0.25, 0.3) is 5.91 Å². The maximum absolute atomic E-state index is 13.0. The predicted molar refractivity (Wildman–Crippen MR) is 114 cm³/mol. The van der Waals surface area contributed by atoms with Crippen LogP contribution in [0.1, 0.15) is 5.69 Å². The summed E-state index contributed by atoms with van der Waals surface area (Å²) in [6, 6.07) is 20.0. The van der Waals surface area contributed by atoms with Crippen molar-refractivity contribution in [2.75, 3.05) is 13.2 Å². The number of thiazole rings is 1. The topological polar surface area (TPSA) is 51.2 Å². The van der Waals surface area contributed by atoms with E-state index in [1.165, 1.54) is 23.5 Å². The fourth-order valence-corrected chi connectivity index (χ4v) is 3.79. The second kappa shape index (κ2) is 8.84. The molecule has 0 saturated heterocycles. The lowest BCUT2D eigenvalue weighted by Gasteiger charge is -2.08. The highest BCUT2D eigenvalue weighted by Crippen LogP contribution is 2.24. The molecule has 4 aromatic rings. The van der Waals surface area contributed by atoms with Crippen molar-refractivity contribution in [1.29, 1.82) is 0 Å². The minimum Gasteiger partial charge on any atom is -0.484 e. The minimum atomic E-state index is -0.265. The molecule has 0 spiro atoms. The first-order chi connectivity index (χ1) is 14.2. The van der Waals surface area contributed by atoms with Gasteiger partial charge in [-0.25, -0.2) is 9.37 Å². The monoisotopic (exact) mass is 406 g/mol. The van der Waals surface area contributed by atoms with Crippen LogP contribution in [0.15, 0.2) is 72.1 Å². The average Bonchev–Trinajstić information content (AvgIpc) is 3.21. The van der Waals surface area contributed by atoms with Crippen LogP contribution in [0.3, 0.4) is 0 Å². The van der Waals surface area contributed by atoms with Crippen molar-refractivity contribution in [1.82, 2.24) is 10.3 Å². The maximum atomic E-state index is 13.0. The number of aromatic nitrogens is 1. The number of hydrogen-bond acceptors (Lipinski definition) is 4. The van der Waals surface area contributed by atoms with Gasteiger partial charge in [0.2, 0.25) is 0 Å². The molecule has 0 fully saturated rings. The van der Waals surface area contributed by atoms with E-state index in [-0.39, 0.29) is 18.3 Å². The number of rotatable bonds is 7. The van der Waals surface area contributed by atoms with E-state index in [0.717, 1.165) is 27.0 Å². The summed E-state index contributed by atoms with van der Waals surface area (Å²) in [6.07, 6.45) is 0.624. The third-order valence-corrected chi connectivity index (χ3v) is 5.38. The molecule has 1 amide bonds. The molecule has 3 aromatic carbocycles. The summed E-state index contributed by atoms with van der Waals surface area (Å²) < 4.78 is 18.6. The van der Waals surface area contributed by atoms with Crippen molar-refractivity contribution < 1.29 is 13.9 Å². The summed E-state index contributed by atoms with van der Waals surface area (Å²) in [5.74, 6) is 0.230. The van der Waals surface area contributed by atoms with Crippen LogP contribution in [0.25, 0.3) is 21.3 Å². The average molecular weight is 406 g/mol. The molecule has 0 aliphatic rings. The fraction of sp³-hybridized carbons (Fsp3) is 0.130. The Morgan fingerprint density at radius 2 is 1.83 bits per heavy atom. The second-order valence-corrected chi connectivity index (χ2v) is 7.41. The quantitative estimate of drug-likeness (QED) is 0.478. The van der Waals surface area contributed by atoms with E-state index in [1.807, 2.05) is 47.8 Å². The van der Waals surface area contributed by atoms with Crippen LogP contribution in [-0.4, -0.2) is 24.0 Å². The smallest absolute Gasteiger partial charge is 0.257 e. The first-order valence-corrected chi connectivity index (χ1v) is 10.1. The lowest BCUT2D eigenvalue weighted by molar-refractivity contribution is -0.123. The van der Waals surface area contributed by atoms with Crippen molar-refractivity contribution >= 4 is 28.0 Å². The van der Waals surface area contributed by atoms with E-state index in [4.69, 9.17) is 4.74 Å². The molecule has 0 aliphatic heterocycles. The normalized spacial score (nSPS) is 10.8. The van der Waals surface area contributed by atoms with Gasteiger partial charge in [-0.2, -0.15) is 0 Å². The van der Waals surface area contributed by atoms with E-state index < -0.39 is 0 Å².